The maximum atomic E-state index is 11.6. The smallest absolute Gasteiger partial charge is 0.296 e. The summed E-state index contributed by atoms with van der Waals surface area (Å²) >= 11 is 0. The molecule has 1 heterocycles. The lowest BCUT2D eigenvalue weighted by molar-refractivity contribution is 0.387. The van der Waals surface area contributed by atoms with Crippen molar-refractivity contribution in [1.82, 2.24) is 19.7 Å². The molecule has 1 saturated carbocycles. The molecule has 3 rings (SSSR count). The molecule has 2 aromatic rings. The van der Waals surface area contributed by atoms with Crippen molar-refractivity contribution in [2.24, 2.45) is 0 Å². The van der Waals surface area contributed by atoms with Gasteiger partial charge in [-0.3, -0.25) is 4.55 Å². The van der Waals surface area contributed by atoms with Crippen LogP contribution in [0.4, 0.5) is 23.5 Å². The van der Waals surface area contributed by atoms with Crippen molar-refractivity contribution in [3.05, 3.63) is 18.2 Å². The molecule has 15 heteroatoms. The summed E-state index contributed by atoms with van der Waals surface area (Å²) in [5.74, 6) is -0.336. The predicted octanol–water partition coefficient (Wildman–Crippen LogP) is 0.422. The summed E-state index contributed by atoms with van der Waals surface area (Å²) in [6.07, 6.45) is 3.73. The van der Waals surface area contributed by atoms with Gasteiger partial charge >= 0.3 is 0 Å². The van der Waals surface area contributed by atoms with Crippen LogP contribution in [0, 0.1) is 0 Å². The van der Waals surface area contributed by atoms with Crippen LogP contribution in [0.25, 0.3) is 0 Å². The van der Waals surface area contributed by atoms with E-state index in [4.69, 9.17) is 5.73 Å². The number of nitrogens with zero attached hydrogens (tertiary/aromatic N) is 3. The minimum absolute atomic E-state index is 0.0265. The maximum Gasteiger partial charge on any atom is 0.296 e. The van der Waals surface area contributed by atoms with Crippen molar-refractivity contribution in [2.75, 3.05) is 22.6 Å². The molecule has 0 bridgehead atoms. The molecule has 7 N–H and O–H groups in total. The van der Waals surface area contributed by atoms with Gasteiger partial charge in [-0.25, -0.2) is 13.1 Å². The van der Waals surface area contributed by atoms with Crippen molar-refractivity contribution >= 4 is 43.7 Å². The monoisotopic (exact) mass is 473 g/mol. The third-order valence-electron chi connectivity index (χ3n) is 4.58. The number of rotatable bonds is 7. The van der Waals surface area contributed by atoms with E-state index in [1.54, 1.807) is 0 Å². The van der Waals surface area contributed by atoms with Crippen LogP contribution in [0.2, 0.25) is 0 Å². The summed E-state index contributed by atoms with van der Waals surface area (Å²) in [5.41, 5.74) is 5.58. The van der Waals surface area contributed by atoms with E-state index >= 15 is 0 Å². The Balaban J connectivity index is 1.73. The first kappa shape index (κ1) is 22.9. The van der Waals surface area contributed by atoms with E-state index < -0.39 is 25.0 Å². The van der Waals surface area contributed by atoms with Gasteiger partial charge in [-0.1, -0.05) is 0 Å². The van der Waals surface area contributed by atoms with E-state index in [0.29, 0.717) is 25.7 Å². The van der Waals surface area contributed by atoms with Crippen LogP contribution in [0.3, 0.4) is 0 Å². The number of benzene rings is 1. The van der Waals surface area contributed by atoms with Crippen LogP contribution in [-0.2, 0) is 20.1 Å². The van der Waals surface area contributed by atoms with Crippen LogP contribution in [0.1, 0.15) is 25.7 Å². The molecule has 1 aliphatic carbocycles. The lowest BCUT2D eigenvalue weighted by Gasteiger charge is -2.29. The zero-order chi connectivity index (χ0) is 22.8. The number of nitrogen functional groups attached to an aromatic ring is 1. The van der Waals surface area contributed by atoms with Gasteiger partial charge in [0.15, 0.2) is 0 Å². The fourth-order valence-electron chi connectivity index (χ4n) is 3.31. The van der Waals surface area contributed by atoms with Gasteiger partial charge in [0, 0.05) is 18.2 Å². The van der Waals surface area contributed by atoms with Crippen LogP contribution in [0.5, 0.6) is 5.75 Å². The maximum absolute atomic E-state index is 11.6. The third-order valence-corrected chi connectivity index (χ3v) is 6.25. The van der Waals surface area contributed by atoms with Crippen LogP contribution in [0.15, 0.2) is 23.1 Å². The first-order valence-electron chi connectivity index (χ1n) is 9.22. The Bertz CT molecular complexity index is 1160. The Hall–Kier alpha value is -2.75. The zero-order valence-electron chi connectivity index (χ0n) is 16.5. The molecule has 1 aromatic heterocycles. The number of hydrogen-bond acceptors (Lipinski definition) is 11. The van der Waals surface area contributed by atoms with Crippen LogP contribution in [-0.4, -0.2) is 59.8 Å². The number of phenols is 1. The number of aromatic nitrogens is 3. The fourth-order valence-corrected chi connectivity index (χ4v) is 4.78. The van der Waals surface area contributed by atoms with E-state index in [2.05, 4.69) is 30.3 Å². The van der Waals surface area contributed by atoms with Gasteiger partial charge in [0.05, 0.1) is 11.9 Å². The Morgan fingerprint density at radius 1 is 1.00 bits per heavy atom. The van der Waals surface area contributed by atoms with Crippen molar-refractivity contribution in [1.29, 1.82) is 0 Å². The highest BCUT2D eigenvalue weighted by Gasteiger charge is 2.24. The SMILES string of the molecule is CS(=O)(=O)NC1CCC(Nc2nc(N)nc(Nc3cc(O)ccc3S(=O)(=O)O)n2)CC1. The zero-order valence-corrected chi connectivity index (χ0v) is 18.1. The van der Waals surface area contributed by atoms with Crippen LogP contribution < -0.4 is 21.1 Å². The Morgan fingerprint density at radius 2 is 1.61 bits per heavy atom. The second-order valence-electron chi connectivity index (χ2n) is 7.20. The highest BCUT2D eigenvalue weighted by atomic mass is 32.2. The summed E-state index contributed by atoms with van der Waals surface area (Å²) in [6.45, 7) is 0. The molecular weight excluding hydrogens is 450 g/mol. The quantitative estimate of drug-likeness (QED) is 0.302. The standard InChI is InChI=1S/C16H23N7O6S2/c1-30(25,26)23-10-4-2-9(3-5-10)18-15-20-14(17)21-16(22-15)19-12-8-11(24)6-7-13(12)31(27,28)29/h6-10,23-24H,2-5H2,1H3,(H,27,28,29)(H4,17,18,19,20,21,22). The van der Waals surface area contributed by atoms with E-state index in [1.807, 2.05) is 0 Å². The van der Waals surface area contributed by atoms with Gasteiger partial charge in [-0.2, -0.15) is 23.4 Å². The number of nitrogens with one attached hydrogen (secondary N) is 3. The molecule has 0 spiro atoms. The van der Waals surface area contributed by atoms with E-state index in [-0.39, 0.29) is 41.4 Å². The lowest BCUT2D eigenvalue weighted by Crippen LogP contribution is -2.39. The number of sulfonamides is 1. The highest BCUT2D eigenvalue weighted by Crippen LogP contribution is 2.28. The molecule has 0 aliphatic heterocycles. The van der Waals surface area contributed by atoms with Gasteiger partial charge in [-0.15, -0.1) is 0 Å². The van der Waals surface area contributed by atoms with E-state index in [1.165, 1.54) is 0 Å². The first-order chi connectivity index (χ1) is 14.4. The van der Waals surface area contributed by atoms with Crippen molar-refractivity contribution < 1.29 is 26.5 Å². The second kappa shape index (κ2) is 8.78. The molecule has 13 nitrogen and oxygen atoms in total. The fraction of sp³-hybridized carbons (Fsp3) is 0.438. The normalized spacial score (nSPS) is 19.7. The molecule has 1 aliphatic rings. The Morgan fingerprint density at radius 3 is 2.23 bits per heavy atom. The average Bonchev–Trinajstić information content (AvgIpc) is 2.60. The summed E-state index contributed by atoms with van der Waals surface area (Å²) in [7, 11) is -7.84. The Labute approximate surface area is 179 Å². The van der Waals surface area contributed by atoms with Gasteiger partial charge < -0.3 is 21.5 Å². The number of aromatic hydroxyl groups is 1. The number of nitrogens with two attached hydrogens (primary N) is 1. The third kappa shape index (κ3) is 6.61. The summed E-state index contributed by atoms with van der Waals surface area (Å²) in [5, 5.41) is 15.4. The average molecular weight is 474 g/mol. The van der Waals surface area contributed by atoms with Crippen molar-refractivity contribution in [3.63, 3.8) is 0 Å². The van der Waals surface area contributed by atoms with Gasteiger partial charge in [0.2, 0.25) is 27.9 Å². The molecule has 1 fully saturated rings. The molecule has 0 unspecified atom stereocenters. The van der Waals surface area contributed by atoms with Gasteiger partial charge in [-0.05, 0) is 37.8 Å². The van der Waals surface area contributed by atoms with Gasteiger partial charge in [0.1, 0.15) is 10.6 Å². The van der Waals surface area contributed by atoms with Crippen LogP contribution >= 0.6 is 0 Å². The number of phenolic OH excluding ortho intramolecular Hbond substituents is 1. The largest absolute Gasteiger partial charge is 0.508 e. The predicted molar refractivity (Wildman–Crippen MR) is 113 cm³/mol. The van der Waals surface area contributed by atoms with Gasteiger partial charge in [0.25, 0.3) is 10.1 Å². The highest BCUT2D eigenvalue weighted by molar-refractivity contribution is 7.88. The first-order valence-corrected chi connectivity index (χ1v) is 12.5. The van der Waals surface area contributed by atoms with Crippen molar-refractivity contribution in [2.45, 2.75) is 42.7 Å². The minimum atomic E-state index is -4.57. The lowest BCUT2D eigenvalue weighted by atomic mass is 9.92. The molecule has 170 valence electrons. The summed E-state index contributed by atoms with van der Waals surface area (Å²) in [4.78, 5) is 11.6. The molecule has 0 atom stereocenters. The number of hydrogen-bond donors (Lipinski definition) is 6. The van der Waals surface area contributed by atoms with E-state index in [0.717, 1.165) is 24.5 Å². The molecule has 0 amide bonds. The minimum Gasteiger partial charge on any atom is -0.508 e. The number of anilines is 4. The van der Waals surface area contributed by atoms with E-state index in [9.17, 15) is 26.5 Å². The van der Waals surface area contributed by atoms with Crippen molar-refractivity contribution in [3.8, 4) is 5.75 Å². The molecule has 1 aromatic carbocycles. The second-order valence-corrected chi connectivity index (χ2v) is 10.4. The molecule has 0 saturated heterocycles. The molecular formula is C16H23N7O6S2. The topological polar surface area (TPSA) is 210 Å². The molecule has 0 radical (unpaired) electrons. The summed E-state index contributed by atoms with van der Waals surface area (Å²) in [6, 6.07) is 3.07. The Kier molecular flexibility index (Phi) is 6.49. The summed E-state index contributed by atoms with van der Waals surface area (Å²) < 4.78 is 57.8. The molecule has 31 heavy (non-hydrogen) atoms.